The molecule has 112 valence electrons. The van der Waals surface area contributed by atoms with Gasteiger partial charge in [-0.15, -0.1) is 0 Å². The van der Waals surface area contributed by atoms with E-state index in [-0.39, 0.29) is 0 Å². The lowest BCUT2D eigenvalue weighted by Crippen LogP contribution is -2.22. The van der Waals surface area contributed by atoms with Crippen molar-refractivity contribution < 1.29 is 0 Å². The molecule has 20 heavy (non-hydrogen) atoms. The van der Waals surface area contributed by atoms with Crippen LogP contribution in [0.15, 0.2) is 24.3 Å². The van der Waals surface area contributed by atoms with Crippen LogP contribution in [0, 0.1) is 5.92 Å². The Labute approximate surface area is 127 Å². The molecule has 0 amide bonds. The van der Waals surface area contributed by atoms with Crippen LogP contribution in [0.4, 0.5) is 0 Å². The minimum absolute atomic E-state index is 0.619. The number of benzene rings is 1. The topological polar surface area (TPSA) is 0 Å². The summed E-state index contributed by atoms with van der Waals surface area (Å²) in [6.45, 7) is 7.13. The average Bonchev–Trinajstić information content (AvgIpc) is 2.48. The first kappa shape index (κ1) is 15.8. The van der Waals surface area contributed by atoms with E-state index in [1.165, 1.54) is 51.4 Å². The number of unbranched alkanes of at least 4 members (excludes halogenated alkanes) is 2. The lowest BCUT2D eigenvalue weighted by Gasteiger charge is -2.29. The normalized spacial score (nSPS) is 23.2. The summed E-state index contributed by atoms with van der Waals surface area (Å²) in [6, 6.07) is 9.65. The van der Waals surface area contributed by atoms with Crippen LogP contribution in [0.3, 0.4) is 0 Å². The smallest absolute Gasteiger partial charge is 0.0647 e. The van der Waals surface area contributed by atoms with E-state index in [1.54, 1.807) is 10.8 Å². The number of hydrogen-bond donors (Lipinski definition) is 0. The predicted octanol–water partition coefficient (Wildman–Crippen LogP) is 5.23. The van der Waals surface area contributed by atoms with Gasteiger partial charge in [0.1, 0.15) is 0 Å². The first-order chi connectivity index (χ1) is 9.70. The van der Waals surface area contributed by atoms with Gasteiger partial charge in [0.25, 0.3) is 0 Å². The summed E-state index contributed by atoms with van der Waals surface area (Å²) in [4.78, 5) is 0. The van der Waals surface area contributed by atoms with Crippen LogP contribution in [0.2, 0.25) is 13.1 Å². The molecular formula is C19H32Si. The van der Waals surface area contributed by atoms with Crippen molar-refractivity contribution in [3.63, 3.8) is 0 Å². The monoisotopic (exact) mass is 288 g/mol. The Balaban J connectivity index is 1.81. The molecule has 0 heterocycles. The molecular weight excluding hydrogens is 256 g/mol. The van der Waals surface area contributed by atoms with Gasteiger partial charge in [-0.1, -0.05) is 75.2 Å². The van der Waals surface area contributed by atoms with Crippen LogP contribution in [0.1, 0.15) is 69.8 Å². The van der Waals surface area contributed by atoms with Gasteiger partial charge < -0.3 is 0 Å². The zero-order valence-corrected chi connectivity index (χ0v) is 14.9. The molecule has 0 aliphatic heterocycles. The van der Waals surface area contributed by atoms with Gasteiger partial charge in [0.05, 0.1) is 8.80 Å². The van der Waals surface area contributed by atoms with Crippen LogP contribution in [0.25, 0.3) is 0 Å². The van der Waals surface area contributed by atoms with Crippen molar-refractivity contribution in [2.24, 2.45) is 5.92 Å². The van der Waals surface area contributed by atoms with E-state index < -0.39 is 8.80 Å². The fourth-order valence-corrected chi connectivity index (χ4v) is 4.58. The summed E-state index contributed by atoms with van der Waals surface area (Å²) in [7, 11) is -0.619. The van der Waals surface area contributed by atoms with E-state index in [1.807, 2.05) is 0 Å². The quantitative estimate of drug-likeness (QED) is 0.496. The Bertz CT molecular complexity index is 371. The van der Waals surface area contributed by atoms with E-state index in [9.17, 15) is 0 Å². The van der Waals surface area contributed by atoms with Gasteiger partial charge >= 0.3 is 0 Å². The van der Waals surface area contributed by atoms with Gasteiger partial charge in [-0.05, 0) is 43.1 Å². The summed E-state index contributed by atoms with van der Waals surface area (Å²) in [5, 5.41) is 1.61. The van der Waals surface area contributed by atoms with Crippen LogP contribution >= 0.6 is 0 Å². The zero-order valence-electron chi connectivity index (χ0n) is 13.7. The van der Waals surface area contributed by atoms with Gasteiger partial charge in [-0.2, -0.15) is 0 Å². The standard InChI is InChI=1S/C19H32Si/c1-4-5-6-7-16-8-10-17(11-9-16)18-12-14-19(15-13-18)20(2)3/h12-17,20H,4-11H2,1-3H3. The minimum atomic E-state index is -0.619. The van der Waals surface area contributed by atoms with Crippen molar-refractivity contribution in [2.75, 3.05) is 0 Å². The summed E-state index contributed by atoms with van der Waals surface area (Å²) in [5.41, 5.74) is 1.61. The molecule has 2 rings (SSSR count). The average molecular weight is 289 g/mol. The van der Waals surface area contributed by atoms with Crippen molar-refractivity contribution in [3.8, 4) is 0 Å². The molecule has 1 aliphatic rings. The highest BCUT2D eigenvalue weighted by molar-refractivity contribution is 6.70. The summed E-state index contributed by atoms with van der Waals surface area (Å²) < 4.78 is 0. The Hall–Kier alpha value is -0.563. The fourth-order valence-electron chi connectivity index (χ4n) is 3.62. The molecule has 1 aliphatic carbocycles. The van der Waals surface area contributed by atoms with Gasteiger partial charge in [-0.25, -0.2) is 0 Å². The largest absolute Gasteiger partial charge is 0.0682 e. The van der Waals surface area contributed by atoms with Crippen molar-refractivity contribution in [1.82, 2.24) is 0 Å². The highest BCUT2D eigenvalue weighted by Crippen LogP contribution is 2.37. The lowest BCUT2D eigenvalue weighted by molar-refractivity contribution is 0.303. The maximum atomic E-state index is 2.42. The maximum absolute atomic E-state index is 2.42. The highest BCUT2D eigenvalue weighted by Gasteiger charge is 2.21. The summed E-state index contributed by atoms with van der Waals surface area (Å²) in [5.74, 6) is 1.88. The molecule has 0 unspecified atom stereocenters. The molecule has 0 aromatic heterocycles. The second-order valence-electron chi connectivity index (χ2n) is 7.03. The molecule has 0 radical (unpaired) electrons. The summed E-state index contributed by atoms with van der Waals surface area (Å²) in [6.07, 6.45) is 11.5. The molecule has 1 heteroatoms. The molecule has 1 aromatic rings. The van der Waals surface area contributed by atoms with E-state index in [0.29, 0.717) is 0 Å². The number of hydrogen-bond acceptors (Lipinski definition) is 0. The van der Waals surface area contributed by atoms with Crippen molar-refractivity contribution in [3.05, 3.63) is 29.8 Å². The van der Waals surface area contributed by atoms with Gasteiger partial charge in [-0.3, -0.25) is 0 Å². The summed E-state index contributed by atoms with van der Waals surface area (Å²) >= 11 is 0. The Kier molecular flexibility index (Phi) is 6.34. The van der Waals surface area contributed by atoms with Crippen LogP contribution in [-0.4, -0.2) is 8.80 Å². The first-order valence-corrected chi connectivity index (χ1v) is 11.7. The second kappa shape index (κ2) is 8.02. The van der Waals surface area contributed by atoms with Crippen molar-refractivity contribution in [2.45, 2.75) is 77.3 Å². The van der Waals surface area contributed by atoms with E-state index in [2.05, 4.69) is 44.3 Å². The molecule has 0 saturated heterocycles. The second-order valence-corrected chi connectivity index (χ2v) is 10.0. The third kappa shape index (κ3) is 4.48. The van der Waals surface area contributed by atoms with E-state index >= 15 is 0 Å². The predicted molar refractivity (Wildman–Crippen MR) is 93.8 cm³/mol. The van der Waals surface area contributed by atoms with Crippen LogP contribution < -0.4 is 5.19 Å². The molecule has 1 saturated carbocycles. The molecule has 0 bridgehead atoms. The molecule has 0 spiro atoms. The molecule has 1 aromatic carbocycles. The Morgan fingerprint density at radius 2 is 1.60 bits per heavy atom. The van der Waals surface area contributed by atoms with Gasteiger partial charge in [0.15, 0.2) is 0 Å². The third-order valence-electron chi connectivity index (χ3n) is 5.14. The third-order valence-corrected chi connectivity index (χ3v) is 6.86. The van der Waals surface area contributed by atoms with Gasteiger partial charge in [0.2, 0.25) is 0 Å². The van der Waals surface area contributed by atoms with Crippen LogP contribution in [0.5, 0.6) is 0 Å². The first-order valence-electron chi connectivity index (χ1n) is 8.80. The highest BCUT2D eigenvalue weighted by atomic mass is 28.3. The minimum Gasteiger partial charge on any atom is -0.0682 e. The molecule has 0 N–H and O–H groups in total. The van der Waals surface area contributed by atoms with Crippen LogP contribution in [-0.2, 0) is 0 Å². The van der Waals surface area contributed by atoms with Gasteiger partial charge in [0, 0.05) is 0 Å². The SMILES string of the molecule is CCCCCC1CCC(c2ccc([SiH](C)C)cc2)CC1. The maximum Gasteiger partial charge on any atom is 0.0647 e. The number of rotatable bonds is 6. The fraction of sp³-hybridized carbons (Fsp3) is 0.684. The molecule has 1 fully saturated rings. The molecule has 0 atom stereocenters. The lowest BCUT2D eigenvalue weighted by atomic mass is 9.77. The Morgan fingerprint density at radius 1 is 0.950 bits per heavy atom. The zero-order chi connectivity index (χ0) is 14.4. The van der Waals surface area contributed by atoms with Crippen molar-refractivity contribution in [1.29, 1.82) is 0 Å². The Morgan fingerprint density at radius 3 is 2.15 bits per heavy atom. The van der Waals surface area contributed by atoms with Crippen molar-refractivity contribution >= 4 is 14.0 Å². The molecule has 0 nitrogen and oxygen atoms in total. The van der Waals surface area contributed by atoms with E-state index in [0.717, 1.165) is 11.8 Å². The van der Waals surface area contributed by atoms with E-state index in [4.69, 9.17) is 0 Å².